The Hall–Kier alpha value is -1.75. The van der Waals surface area contributed by atoms with Crippen molar-refractivity contribution in [2.75, 3.05) is 19.7 Å². The van der Waals surface area contributed by atoms with Crippen LogP contribution in [0.4, 0.5) is 4.79 Å². The van der Waals surface area contributed by atoms with Gasteiger partial charge in [0.15, 0.2) is 0 Å². The van der Waals surface area contributed by atoms with Crippen molar-refractivity contribution in [3.63, 3.8) is 0 Å². The number of hydrogen-bond acceptors (Lipinski definition) is 3. The third-order valence-electron chi connectivity index (χ3n) is 4.76. The van der Waals surface area contributed by atoms with Gasteiger partial charge in [0.25, 0.3) is 0 Å². The second-order valence-corrected chi connectivity index (χ2v) is 6.61. The summed E-state index contributed by atoms with van der Waals surface area (Å²) in [6.07, 6.45) is 5.45. The number of fused-ring (bicyclic) bond motifs is 1. The third kappa shape index (κ3) is 4.61. The van der Waals surface area contributed by atoms with E-state index in [1.807, 2.05) is 6.07 Å². The second-order valence-electron chi connectivity index (χ2n) is 6.61. The summed E-state index contributed by atoms with van der Waals surface area (Å²) in [7, 11) is 0. The number of nitrogens with one attached hydrogen (secondary N) is 2. The summed E-state index contributed by atoms with van der Waals surface area (Å²) in [6, 6.07) is 6.14. The lowest BCUT2D eigenvalue weighted by Gasteiger charge is -2.25. The van der Waals surface area contributed by atoms with Gasteiger partial charge < -0.3 is 20.5 Å². The Morgan fingerprint density at radius 2 is 2.22 bits per heavy atom. The van der Waals surface area contributed by atoms with Crippen LogP contribution < -0.4 is 15.4 Å². The molecule has 0 spiro atoms. The van der Waals surface area contributed by atoms with Crippen molar-refractivity contribution in [1.29, 1.82) is 0 Å². The largest absolute Gasteiger partial charge is 0.493 e. The zero-order valence-electron chi connectivity index (χ0n) is 13.5. The van der Waals surface area contributed by atoms with Crippen molar-refractivity contribution in [3.05, 3.63) is 29.3 Å². The van der Waals surface area contributed by atoms with Crippen LogP contribution in [0.2, 0.25) is 0 Å². The lowest BCUT2D eigenvalue weighted by Crippen LogP contribution is -2.40. The molecule has 0 radical (unpaired) electrons. The van der Waals surface area contributed by atoms with Crippen LogP contribution in [0.25, 0.3) is 0 Å². The molecule has 3 N–H and O–H groups in total. The number of aliphatic hydroxyl groups is 1. The third-order valence-corrected chi connectivity index (χ3v) is 4.76. The summed E-state index contributed by atoms with van der Waals surface area (Å²) < 4.78 is 5.50. The van der Waals surface area contributed by atoms with E-state index in [9.17, 15) is 9.90 Å². The molecule has 2 unspecified atom stereocenters. The summed E-state index contributed by atoms with van der Waals surface area (Å²) in [6.45, 7) is 2.05. The Balaban J connectivity index is 1.34. The number of carbonyl (C=O) groups is 1. The molecule has 1 aromatic rings. The molecule has 3 rings (SSSR count). The van der Waals surface area contributed by atoms with Crippen LogP contribution in [-0.4, -0.2) is 36.9 Å². The van der Waals surface area contributed by atoms with Crippen molar-refractivity contribution in [2.24, 2.45) is 5.92 Å². The number of benzene rings is 1. The summed E-state index contributed by atoms with van der Waals surface area (Å²) >= 11 is 0. The Morgan fingerprint density at radius 3 is 3.09 bits per heavy atom. The molecule has 5 heteroatoms. The lowest BCUT2D eigenvalue weighted by atomic mass is 9.87. The molecular weight excluding hydrogens is 292 g/mol. The van der Waals surface area contributed by atoms with Gasteiger partial charge in [-0.25, -0.2) is 4.79 Å². The fourth-order valence-corrected chi connectivity index (χ4v) is 3.46. The number of rotatable bonds is 5. The van der Waals surface area contributed by atoms with Crippen LogP contribution in [-0.2, 0) is 12.8 Å². The van der Waals surface area contributed by atoms with Gasteiger partial charge in [0.2, 0.25) is 0 Å². The molecule has 5 nitrogen and oxygen atoms in total. The van der Waals surface area contributed by atoms with Gasteiger partial charge in [-0.2, -0.15) is 0 Å². The van der Waals surface area contributed by atoms with Gasteiger partial charge in [-0.15, -0.1) is 0 Å². The monoisotopic (exact) mass is 318 g/mol. The molecular formula is C18H26N2O3. The van der Waals surface area contributed by atoms with E-state index >= 15 is 0 Å². The summed E-state index contributed by atoms with van der Waals surface area (Å²) in [4.78, 5) is 11.8. The standard InChI is InChI=1S/C18H26N2O3/c21-16-3-1-2-14(11-16)12-20-18(22)19-8-6-13-4-5-17-15(10-13)7-9-23-17/h4-5,10,14,16,21H,1-3,6-9,11-12H2,(H2,19,20,22). The Labute approximate surface area is 137 Å². The van der Waals surface area contributed by atoms with E-state index in [-0.39, 0.29) is 12.1 Å². The van der Waals surface area contributed by atoms with Gasteiger partial charge in [-0.1, -0.05) is 18.6 Å². The van der Waals surface area contributed by atoms with Gasteiger partial charge >= 0.3 is 6.03 Å². The van der Waals surface area contributed by atoms with Crippen molar-refractivity contribution >= 4 is 6.03 Å². The summed E-state index contributed by atoms with van der Waals surface area (Å²) in [5, 5.41) is 15.5. The predicted molar refractivity (Wildman–Crippen MR) is 88.7 cm³/mol. The van der Waals surface area contributed by atoms with Gasteiger partial charge in [0.1, 0.15) is 5.75 Å². The van der Waals surface area contributed by atoms with Crippen LogP contribution in [0.3, 0.4) is 0 Å². The van der Waals surface area contributed by atoms with E-state index in [1.165, 1.54) is 11.1 Å². The molecule has 2 atom stereocenters. The number of amides is 2. The number of carbonyl (C=O) groups excluding carboxylic acids is 1. The van der Waals surface area contributed by atoms with Crippen molar-refractivity contribution in [3.8, 4) is 5.75 Å². The minimum Gasteiger partial charge on any atom is -0.493 e. The zero-order valence-corrected chi connectivity index (χ0v) is 13.5. The SMILES string of the molecule is O=C(NCCc1ccc2c(c1)CCO2)NCC1CCCC(O)C1. The highest BCUT2D eigenvalue weighted by Gasteiger charge is 2.20. The molecule has 0 aromatic heterocycles. The molecule has 0 bridgehead atoms. The molecule has 1 aliphatic heterocycles. The molecule has 2 aliphatic rings. The van der Waals surface area contributed by atoms with Gasteiger partial charge in [-0.05, 0) is 48.8 Å². The molecule has 1 aliphatic carbocycles. The fraction of sp³-hybridized carbons (Fsp3) is 0.611. The Kier molecular flexibility index (Phi) is 5.39. The minimum absolute atomic E-state index is 0.116. The molecule has 1 heterocycles. The number of hydrogen-bond donors (Lipinski definition) is 3. The second kappa shape index (κ2) is 7.68. The first-order valence-corrected chi connectivity index (χ1v) is 8.65. The number of aliphatic hydroxyl groups excluding tert-OH is 1. The maximum atomic E-state index is 11.8. The molecule has 2 amide bonds. The van der Waals surface area contributed by atoms with Gasteiger partial charge in [-0.3, -0.25) is 0 Å². The first-order valence-electron chi connectivity index (χ1n) is 8.65. The molecule has 23 heavy (non-hydrogen) atoms. The van der Waals surface area contributed by atoms with Crippen LogP contribution >= 0.6 is 0 Å². The maximum Gasteiger partial charge on any atom is 0.314 e. The Morgan fingerprint density at radius 1 is 1.30 bits per heavy atom. The first-order chi connectivity index (χ1) is 11.2. The zero-order chi connectivity index (χ0) is 16.1. The predicted octanol–water partition coefficient (Wildman–Crippen LogP) is 2.01. The highest BCUT2D eigenvalue weighted by Crippen LogP contribution is 2.26. The van der Waals surface area contributed by atoms with E-state index in [0.29, 0.717) is 19.0 Å². The van der Waals surface area contributed by atoms with Crippen LogP contribution in [0.15, 0.2) is 18.2 Å². The topological polar surface area (TPSA) is 70.6 Å². The average Bonchev–Trinajstić information content (AvgIpc) is 3.01. The highest BCUT2D eigenvalue weighted by molar-refractivity contribution is 5.73. The first kappa shape index (κ1) is 16.1. The molecule has 0 saturated heterocycles. The van der Waals surface area contributed by atoms with Gasteiger partial charge in [0.05, 0.1) is 12.7 Å². The van der Waals surface area contributed by atoms with Crippen molar-refractivity contribution < 1.29 is 14.6 Å². The maximum absolute atomic E-state index is 11.8. The van der Waals surface area contributed by atoms with Crippen LogP contribution in [0.1, 0.15) is 36.8 Å². The number of urea groups is 1. The van der Waals surface area contributed by atoms with E-state index < -0.39 is 0 Å². The average molecular weight is 318 g/mol. The lowest BCUT2D eigenvalue weighted by molar-refractivity contribution is 0.101. The molecule has 1 aromatic carbocycles. The summed E-state index contributed by atoms with van der Waals surface area (Å²) in [5.41, 5.74) is 2.49. The molecule has 1 saturated carbocycles. The number of ether oxygens (including phenoxy) is 1. The van der Waals surface area contributed by atoms with Gasteiger partial charge in [0, 0.05) is 19.5 Å². The quantitative estimate of drug-likeness (QED) is 0.778. The van der Waals surface area contributed by atoms with E-state index in [0.717, 1.165) is 50.9 Å². The molecule has 126 valence electrons. The van der Waals surface area contributed by atoms with Crippen LogP contribution in [0, 0.1) is 5.92 Å². The highest BCUT2D eigenvalue weighted by atomic mass is 16.5. The van der Waals surface area contributed by atoms with Crippen molar-refractivity contribution in [1.82, 2.24) is 10.6 Å². The van der Waals surface area contributed by atoms with Crippen LogP contribution in [0.5, 0.6) is 5.75 Å². The normalized spacial score (nSPS) is 23.0. The Bertz CT molecular complexity index is 547. The van der Waals surface area contributed by atoms with Crippen molar-refractivity contribution in [2.45, 2.75) is 44.6 Å². The molecule has 1 fully saturated rings. The van der Waals surface area contributed by atoms with E-state index in [1.54, 1.807) is 0 Å². The minimum atomic E-state index is -0.192. The van der Waals surface area contributed by atoms with E-state index in [4.69, 9.17) is 4.74 Å². The fourth-order valence-electron chi connectivity index (χ4n) is 3.46. The smallest absolute Gasteiger partial charge is 0.314 e. The summed E-state index contributed by atoms with van der Waals surface area (Å²) in [5.74, 6) is 1.40. The van der Waals surface area contributed by atoms with E-state index in [2.05, 4.69) is 22.8 Å².